The van der Waals surface area contributed by atoms with Crippen LogP contribution in [-0.2, 0) is 0 Å². The lowest BCUT2D eigenvalue weighted by atomic mass is 10.0. The summed E-state index contributed by atoms with van der Waals surface area (Å²) < 4.78 is 60.4. The number of carbonyl (C=O) groups is 1. The van der Waals surface area contributed by atoms with Gasteiger partial charge in [-0.2, -0.15) is 9.37 Å². The van der Waals surface area contributed by atoms with Gasteiger partial charge >= 0.3 is 0 Å². The number of alkyl halides is 2. The number of hydrogen-bond acceptors (Lipinski definition) is 7. The molecule has 1 N–H and O–H groups in total. The van der Waals surface area contributed by atoms with Crippen LogP contribution < -0.4 is 10.1 Å². The molecular weight excluding hydrogens is 534 g/mol. The van der Waals surface area contributed by atoms with Gasteiger partial charge in [-0.3, -0.25) is 14.7 Å². The maximum Gasteiger partial charge on any atom is 0.258 e. The van der Waals surface area contributed by atoms with E-state index in [1.807, 2.05) is 4.90 Å². The number of aryl methyl sites for hydroxylation is 1. The van der Waals surface area contributed by atoms with Gasteiger partial charge in [0.05, 0.1) is 28.2 Å². The number of aliphatic imine (C=N–C) groups is 1. The highest BCUT2D eigenvalue weighted by atomic mass is 35.5. The number of aromatic nitrogens is 2. The Kier molecular flexibility index (Phi) is 10.7. The zero-order valence-corrected chi connectivity index (χ0v) is 21.7. The van der Waals surface area contributed by atoms with Gasteiger partial charge in [0, 0.05) is 31.6 Å². The molecular formula is C24H26ClF4N5O2S. The lowest BCUT2D eigenvalue weighted by molar-refractivity contribution is 0.0775. The van der Waals surface area contributed by atoms with Crippen LogP contribution in [0.3, 0.4) is 0 Å². The molecule has 1 fully saturated rings. The number of nitrogens with zero attached hydrogens (tertiary/aromatic N) is 4. The van der Waals surface area contributed by atoms with Gasteiger partial charge in [-0.25, -0.2) is 18.2 Å². The van der Waals surface area contributed by atoms with Crippen LogP contribution in [0.15, 0.2) is 40.2 Å². The number of thioether (sulfide) groups is 1. The van der Waals surface area contributed by atoms with Crippen molar-refractivity contribution < 1.29 is 27.1 Å². The van der Waals surface area contributed by atoms with Gasteiger partial charge in [-0.1, -0.05) is 29.4 Å². The second-order valence-electron chi connectivity index (χ2n) is 8.14. The molecule has 13 heteroatoms. The Morgan fingerprint density at radius 2 is 2.05 bits per heavy atom. The summed E-state index contributed by atoms with van der Waals surface area (Å²) in [6.45, 7) is 2.35. The largest absolute Gasteiger partial charge is 0.474 e. The van der Waals surface area contributed by atoms with Crippen molar-refractivity contribution in [2.24, 2.45) is 4.99 Å². The summed E-state index contributed by atoms with van der Waals surface area (Å²) in [6.07, 6.45) is -1.19. The molecule has 1 aromatic heterocycles. The van der Waals surface area contributed by atoms with Crippen LogP contribution in [0.25, 0.3) is 0 Å². The van der Waals surface area contributed by atoms with Crippen molar-refractivity contribution in [3.8, 4) is 5.88 Å². The lowest BCUT2D eigenvalue weighted by Crippen LogP contribution is -2.49. The Bertz CT molecular complexity index is 1110. The number of ether oxygens (including phenoxy) is 1. The van der Waals surface area contributed by atoms with E-state index in [1.165, 1.54) is 24.7 Å². The number of rotatable bonds is 10. The Morgan fingerprint density at radius 3 is 2.68 bits per heavy atom. The number of nitrogens with one attached hydrogen (secondary N) is 1. The zero-order chi connectivity index (χ0) is 26.9. The minimum Gasteiger partial charge on any atom is -0.474 e. The molecule has 3 rings (SSSR count). The highest BCUT2D eigenvalue weighted by molar-refractivity contribution is 8.15. The van der Waals surface area contributed by atoms with Crippen LogP contribution in [0.5, 0.6) is 5.88 Å². The summed E-state index contributed by atoms with van der Waals surface area (Å²) in [5, 5.41) is 2.58. The van der Waals surface area contributed by atoms with Gasteiger partial charge in [-0.15, -0.1) is 0 Å². The van der Waals surface area contributed by atoms with Crippen molar-refractivity contribution in [2.75, 3.05) is 26.7 Å². The van der Waals surface area contributed by atoms with Crippen LogP contribution in [0.2, 0.25) is 5.02 Å². The number of piperidine rings is 1. The number of hydrogen-bond donors (Lipinski definition) is 1. The van der Waals surface area contributed by atoms with Crippen LogP contribution in [0.4, 0.5) is 17.6 Å². The lowest BCUT2D eigenvalue weighted by Gasteiger charge is -2.38. The van der Waals surface area contributed by atoms with Gasteiger partial charge in [-0.05, 0) is 38.0 Å². The maximum atomic E-state index is 14.2. The summed E-state index contributed by atoms with van der Waals surface area (Å²) >= 11 is 7.02. The predicted molar refractivity (Wildman–Crippen MR) is 136 cm³/mol. The molecule has 200 valence electrons. The molecule has 1 saturated heterocycles. The van der Waals surface area contributed by atoms with Gasteiger partial charge < -0.3 is 10.1 Å². The molecule has 0 aliphatic carbocycles. The van der Waals surface area contributed by atoms with Crippen LogP contribution >= 0.6 is 23.4 Å². The standard InChI is InChI=1S/C24H26ClF4N5O2S/c1-14-32-21(29)11-22(33-14)36-15-6-8-34(9-7-15)18(19(10-20(27)28)37-13-30-2)12-31-24(35)23-16(25)4-3-5-17(23)26/h3-5,10-11,13,15,18,20H,6-9,12H2,1-2H3,(H,31,35)/b19-10+,30-13-. The number of allylic oxidation sites excluding steroid dienone is 1. The smallest absolute Gasteiger partial charge is 0.258 e. The van der Waals surface area contributed by atoms with E-state index in [0.717, 1.165) is 30.0 Å². The van der Waals surface area contributed by atoms with E-state index < -0.39 is 30.1 Å². The SMILES string of the molecule is C/N=C\S/C(=C/C(F)F)C(CNC(=O)c1c(F)cccc1Cl)N1CCC(Oc2cc(F)nc(C)n2)CC1. The molecule has 1 aliphatic rings. The molecule has 0 saturated carbocycles. The molecule has 0 radical (unpaired) electrons. The van der Waals surface area contributed by atoms with E-state index in [2.05, 4.69) is 20.3 Å². The van der Waals surface area contributed by atoms with Crippen molar-refractivity contribution in [1.82, 2.24) is 20.2 Å². The third-order valence-electron chi connectivity index (χ3n) is 5.55. The normalized spacial score (nSPS) is 16.4. The molecule has 0 bridgehead atoms. The number of benzene rings is 1. The molecule has 1 atom stereocenters. The monoisotopic (exact) mass is 559 g/mol. The first-order valence-electron chi connectivity index (χ1n) is 11.4. The molecule has 0 spiro atoms. The van der Waals surface area contributed by atoms with Gasteiger partial charge in [0.15, 0.2) is 0 Å². The highest BCUT2D eigenvalue weighted by Crippen LogP contribution is 2.28. The molecule has 1 amide bonds. The van der Waals surface area contributed by atoms with E-state index in [4.69, 9.17) is 16.3 Å². The number of carbonyl (C=O) groups excluding carboxylic acids is 1. The van der Waals surface area contributed by atoms with Crippen LogP contribution in [0.1, 0.15) is 29.0 Å². The topological polar surface area (TPSA) is 79.7 Å². The van der Waals surface area contributed by atoms with E-state index in [9.17, 15) is 22.4 Å². The minimum atomic E-state index is -2.73. The molecule has 2 heterocycles. The Morgan fingerprint density at radius 1 is 1.32 bits per heavy atom. The Labute approximate surface area is 221 Å². The van der Waals surface area contributed by atoms with Crippen LogP contribution in [-0.4, -0.2) is 71.6 Å². The first kappa shape index (κ1) is 28.9. The predicted octanol–water partition coefficient (Wildman–Crippen LogP) is 4.90. The summed E-state index contributed by atoms with van der Waals surface area (Å²) in [6, 6.07) is 4.35. The third kappa shape index (κ3) is 8.41. The van der Waals surface area contributed by atoms with Gasteiger partial charge in [0.1, 0.15) is 17.7 Å². The first-order chi connectivity index (χ1) is 17.7. The molecule has 1 aromatic carbocycles. The third-order valence-corrected chi connectivity index (χ3v) is 6.86. The van der Waals surface area contributed by atoms with Gasteiger partial charge in [0.25, 0.3) is 12.3 Å². The van der Waals surface area contributed by atoms with Crippen molar-refractivity contribution in [2.45, 2.75) is 38.3 Å². The molecule has 1 aliphatic heterocycles. The number of halogens is 5. The summed E-state index contributed by atoms with van der Waals surface area (Å²) in [7, 11) is 1.52. The van der Waals surface area contributed by atoms with Crippen molar-refractivity contribution >= 4 is 34.8 Å². The number of likely N-dealkylation sites (tertiary alicyclic amines) is 1. The number of amides is 1. The van der Waals surface area contributed by atoms with Crippen LogP contribution in [0, 0.1) is 18.7 Å². The Hall–Kier alpha value is -2.70. The quantitative estimate of drug-likeness (QED) is 0.193. The fourth-order valence-corrected chi connectivity index (χ4v) is 4.96. The second-order valence-corrected chi connectivity index (χ2v) is 9.46. The fourth-order valence-electron chi connectivity index (χ4n) is 3.91. The average molecular weight is 560 g/mol. The maximum absolute atomic E-state index is 14.2. The second kappa shape index (κ2) is 13.7. The Balaban J connectivity index is 1.75. The van der Waals surface area contributed by atoms with Crippen molar-refractivity contribution in [1.29, 1.82) is 0 Å². The molecule has 7 nitrogen and oxygen atoms in total. The van der Waals surface area contributed by atoms with E-state index >= 15 is 0 Å². The fraction of sp³-hybridized carbons (Fsp3) is 0.417. The van der Waals surface area contributed by atoms with E-state index in [0.29, 0.717) is 25.9 Å². The van der Waals surface area contributed by atoms with E-state index in [-0.39, 0.29) is 39.8 Å². The average Bonchev–Trinajstić information content (AvgIpc) is 2.82. The molecule has 1 unspecified atom stereocenters. The summed E-state index contributed by atoms with van der Waals surface area (Å²) in [4.78, 5) is 26.5. The molecule has 37 heavy (non-hydrogen) atoms. The summed E-state index contributed by atoms with van der Waals surface area (Å²) in [5.41, 5.74) is 1.11. The van der Waals surface area contributed by atoms with Crippen molar-refractivity contribution in [3.63, 3.8) is 0 Å². The highest BCUT2D eigenvalue weighted by Gasteiger charge is 2.30. The minimum absolute atomic E-state index is 0.0563. The molecule has 2 aromatic rings. The first-order valence-corrected chi connectivity index (χ1v) is 12.6. The zero-order valence-electron chi connectivity index (χ0n) is 20.1. The van der Waals surface area contributed by atoms with E-state index in [1.54, 1.807) is 6.92 Å². The summed E-state index contributed by atoms with van der Waals surface area (Å²) in [5.74, 6) is -1.86. The van der Waals surface area contributed by atoms with Gasteiger partial charge in [0.2, 0.25) is 11.8 Å². The van der Waals surface area contributed by atoms with Crippen molar-refractivity contribution in [3.05, 3.63) is 63.4 Å².